The van der Waals surface area contributed by atoms with Crippen molar-refractivity contribution in [1.29, 1.82) is 0 Å². The third-order valence-corrected chi connectivity index (χ3v) is 2.72. The summed E-state index contributed by atoms with van der Waals surface area (Å²) in [6, 6.07) is 7.08. The Kier molecular flexibility index (Phi) is 3.57. The van der Waals surface area contributed by atoms with Crippen LogP contribution in [0.25, 0.3) is 11.0 Å². The first-order valence-corrected chi connectivity index (χ1v) is 4.85. The largest absolute Gasteiger partial charge is 1.00 e. The summed E-state index contributed by atoms with van der Waals surface area (Å²) in [6.07, 6.45) is 0. The maximum atomic E-state index is 10.8. The second-order valence-corrected chi connectivity index (χ2v) is 3.60. The molecule has 0 fully saturated rings. The predicted octanol–water partition coefficient (Wildman–Crippen LogP) is -1.02. The second-order valence-electron chi connectivity index (χ2n) is 2.72. The zero-order valence-corrected chi connectivity index (χ0v) is 8.76. The van der Waals surface area contributed by atoms with Gasteiger partial charge in [-0.3, -0.25) is 4.21 Å². The van der Waals surface area contributed by atoms with Crippen molar-refractivity contribution in [2.75, 3.05) is 0 Å². The van der Waals surface area contributed by atoms with Gasteiger partial charge < -0.3 is 8.97 Å². The molecular weight excluding hydrogens is 195 g/mol. The van der Waals surface area contributed by atoms with Crippen LogP contribution in [-0.4, -0.2) is 8.76 Å². The number of hydrogen-bond donors (Lipinski definition) is 0. The van der Waals surface area contributed by atoms with E-state index in [0.717, 1.165) is 0 Å². The number of fused-ring (bicyclic) bond motifs is 1. The Morgan fingerprint density at radius 2 is 2.00 bits per heavy atom. The van der Waals surface area contributed by atoms with Crippen LogP contribution in [0, 0.1) is 6.92 Å². The van der Waals surface area contributed by atoms with E-state index in [4.69, 9.17) is 4.42 Å². The van der Waals surface area contributed by atoms with E-state index >= 15 is 0 Å². The average Bonchev–Trinajstić information content (AvgIpc) is 2.39. The SMILES string of the molecule is Cc1oc2ccccc2c1S(=O)[O-].[Li+]. The van der Waals surface area contributed by atoms with E-state index in [2.05, 4.69) is 0 Å². The van der Waals surface area contributed by atoms with E-state index < -0.39 is 11.1 Å². The Bertz CT molecular complexity index is 478. The molecule has 0 aliphatic heterocycles. The smallest absolute Gasteiger partial charge is 0.768 e. The van der Waals surface area contributed by atoms with E-state index in [1.807, 2.05) is 6.07 Å². The molecule has 0 bridgehead atoms. The van der Waals surface area contributed by atoms with Crippen molar-refractivity contribution in [3.05, 3.63) is 30.0 Å². The van der Waals surface area contributed by atoms with Crippen molar-refractivity contribution in [2.45, 2.75) is 11.8 Å². The maximum Gasteiger partial charge on any atom is 1.00 e. The molecule has 14 heavy (non-hydrogen) atoms. The quantitative estimate of drug-likeness (QED) is 0.439. The molecule has 0 amide bonds. The van der Waals surface area contributed by atoms with Gasteiger partial charge in [0.05, 0.1) is 4.90 Å². The molecule has 1 heterocycles. The van der Waals surface area contributed by atoms with E-state index in [1.165, 1.54) is 0 Å². The van der Waals surface area contributed by atoms with Gasteiger partial charge in [-0.2, -0.15) is 0 Å². The summed E-state index contributed by atoms with van der Waals surface area (Å²) in [5.41, 5.74) is 0.610. The molecule has 0 aliphatic carbocycles. The zero-order valence-electron chi connectivity index (χ0n) is 7.94. The van der Waals surface area contributed by atoms with Gasteiger partial charge >= 0.3 is 18.9 Å². The molecular formula is C9H7LiO3S. The maximum absolute atomic E-state index is 10.8. The molecule has 1 atom stereocenters. The topological polar surface area (TPSA) is 53.3 Å². The summed E-state index contributed by atoms with van der Waals surface area (Å²) < 4.78 is 26.9. The predicted molar refractivity (Wildman–Crippen MR) is 48.1 cm³/mol. The molecule has 0 aliphatic rings. The van der Waals surface area contributed by atoms with Crippen LogP contribution >= 0.6 is 0 Å². The van der Waals surface area contributed by atoms with Crippen LogP contribution in [0.15, 0.2) is 33.6 Å². The van der Waals surface area contributed by atoms with Crippen molar-refractivity contribution in [3.8, 4) is 0 Å². The fourth-order valence-electron chi connectivity index (χ4n) is 1.35. The first-order valence-electron chi connectivity index (χ1n) is 3.77. The van der Waals surface area contributed by atoms with Crippen molar-refractivity contribution in [1.82, 2.24) is 0 Å². The average molecular weight is 202 g/mol. The van der Waals surface area contributed by atoms with Gasteiger partial charge in [0, 0.05) is 5.39 Å². The third kappa shape index (κ3) is 1.79. The molecule has 1 unspecified atom stereocenters. The molecule has 68 valence electrons. The summed E-state index contributed by atoms with van der Waals surface area (Å²) in [5.74, 6) is 0.439. The Labute approximate surface area is 95.9 Å². The number of benzene rings is 1. The van der Waals surface area contributed by atoms with Gasteiger partial charge in [0.25, 0.3) is 0 Å². The Morgan fingerprint density at radius 3 is 2.64 bits per heavy atom. The second kappa shape index (κ2) is 4.33. The molecule has 1 aromatic heterocycles. The first-order chi connectivity index (χ1) is 6.20. The van der Waals surface area contributed by atoms with Crippen LogP contribution < -0.4 is 18.9 Å². The molecule has 0 saturated heterocycles. The molecule has 2 aromatic rings. The molecule has 5 heteroatoms. The number of furan rings is 1. The standard InChI is InChI=1S/C9H8O3S.Li/c1-6-9(13(10)11)7-4-2-3-5-8(7)12-6;/h2-5H,1H3,(H,10,11);/q;+1/p-1. The van der Waals surface area contributed by atoms with E-state index in [1.54, 1.807) is 25.1 Å². The summed E-state index contributed by atoms with van der Waals surface area (Å²) in [6.45, 7) is 1.64. The number of aryl methyl sites for hydroxylation is 1. The number of hydrogen-bond acceptors (Lipinski definition) is 3. The Balaban J connectivity index is 0.000000980. The van der Waals surface area contributed by atoms with E-state index in [-0.39, 0.29) is 23.8 Å². The minimum atomic E-state index is -2.23. The summed E-state index contributed by atoms with van der Waals surface area (Å²) in [7, 11) is 0. The van der Waals surface area contributed by atoms with Gasteiger partial charge in [0.1, 0.15) is 11.3 Å². The minimum Gasteiger partial charge on any atom is -0.768 e. The van der Waals surface area contributed by atoms with Crippen molar-refractivity contribution in [3.63, 3.8) is 0 Å². The Hall–Kier alpha value is -0.533. The van der Waals surface area contributed by atoms with Crippen LogP contribution in [0.2, 0.25) is 0 Å². The van der Waals surface area contributed by atoms with Crippen molar-refractivity contribution in [2.24, 2.45) is 0 Å². The fraction of sp³-hybridized carbons (Fsp3) is 0.111. The number of rotatable bonds is 1. The normalized spacial score (nSPS) is 12.4. The fourth-order valence-corrected chi connectivity index (χ4v) is 1.98. The van der Waals surface area contributed by atoms with E-state index in [9.17, 15) is 8.76 Å². The Morgan fingerprint density at radius 1 is 1.36 bits per heavy atom. The van der Waals surface area contributed by atoms with Gasteiger partial charge in [0.2, 0.25) is 0 Å². The van der Waals surface area contributed by atoms with Gasteiger partial charge in [-0.05, 0) is 30.1 Å². The summed E-state index contributed by atoms with van der Waals surface area (Å²) >= 11 is -2.23. The van der Waals surface area contributed by atoms with Crippen LogP contribution in [0.3, 0.4) is 0 Å². The summed E-state index contributed by atoms with van der Waals surface area (Å²) in [4.78, 5) is 0.260. The summed E-state index contributed by atoms with van der Waals surface area (Å²) in [5, 5.41) is 0.647. The molecule has 0 spiro atoms. The molecule has 2 rings (SSSR count). The van der Waals surface area contributed by atoms with Gasteiger partial charge in [-0.25, -0.2) is 0 Å². The van der Waals surface area contributed by atoms with Crippen molar-refractivity contribution < 1.29 is 32.0 Å². The first kappa shape index (κ1) is 11.5. The van der Waals surface area contributed by atoms with Crippen LogP contribution in [0.4, 0.5) is 0 Å². The molecule has 0 radical (unpaired) electrons. The van der Waals surface area contributed by atoms with Gasteiger partial charge in [-0.15, -0.1) is 0 Å². The van der Waals surface area contributed by atoms with Gasteiger partial charge in [0.15, 0.2) is 0 Å². The van der Waals surface area contributed by atoms with E-state index in [0.29, 0.717) is 16.7 Å². The molecule has 3 nitrogen and oxygen atoms in total. The monoisotopic (exact) mass is 202 g/mol. The molecule has 0 saturated carbocycles. The number of para-hydroxylation sites is 1. The van der Waals surface area contributed by atoms with Crippen LogP contribution in [0.1, 0.15) is 5.76 Å². The van der Waals surface area contributed by atoms with Crippen LogP contribution in [0.5, 0.6) is 0 Å². The minimum absolute atomic E-state index is 0. The van der Waals surface area contributed by atoms with Crippen LogP contribution in [-0.2, 0) is 11.1 Å². The van der Waals surface area contributed by atoms with Crippen molar-refractivity contribution >= 4 is 22.0 Å². The third-order valence-electron chi connectivity index (χ3n) is 1.88. The zero-order chi connectivity index (χ0) is 9.42. The molecule has 1 aromatic carbocycles. The molecule has 0 N–H and O–H groups in total. The van der Waals surface area contributed by atoms with Gasteiger partial charge in [-0.1, -0.05) is 12.1 Å².